The van der Waals surface area contributed by atoms with Gasteiger partial charge < -0.3 is 10.2 Å². The first kappa shape index (κ1) is 17.8. The third-order valence-corrected chi connectivity index (χ3v) is 5.16. The highest BCUT2D eigenvalue weighted by Gasteiger charge is 2.36. The second kappa shape index (κ2) is 6.91. The van der Waals surface area contributed by atoms with Crippen LogP contribution in [0.15, 0.2) is 12.1 Å². The van der Waals surface area contributed by atoms with Crippen LogP contribution in [0.3, 0.4) is 0 Å². The summed E-state index contributed by atoms with van der Waals surface area (Å²) in [5, 5.41) is 3.66. The van der Waals surface area contributed by atoms with Crippen LogP contribution in [0.2, 0.25) is 10.0 Å². The fourth-order valence-electron chi connectivity index (χ4n) is 3.39. The molecule has 1 amide bonds. The van der Waals surface area contributed by atoms with E-state index in [1.54, 1.807) is 11.9 Å². The van der Waals surface area contributed by atoms with E-state index in [9.17, 15) is 9.18 Å². The van der Waals surface area contributed by atoms with Gasteiger partial charge in [0, 0.05) is 25.2 Å². The quantitative estimate of drug-likeness (QED) is 0.804. The van der Waals surface area contributed by atoms with Crippen LogP contribution in [0.1, 0.15) is 36.0 Å². The molecule has 1 aromatic rings. The molecule has 3 nitrogen and oxygen atoms in total. The molecule has 2 aliphatic heterocycles. The molecule has 2 unspecified atom stereocenters. The lowest BCUT2D eigenvalue weighted by atomic mass is 9.98. The van der Waals surface area contributed by atoms with E-state index >= 15 is 0 Å². The fourth-order valence-corrected chi connectivity index (χ4v) is 3.85. The second-order valence-corrected chi connectivity index (χ2v) is 6.74. The highest BCUT2D eigenvalue weighted by atomic mass is 35.5. The van der Waals surface area contributed by atoms with Gasteiger partial charge in [-0.2, -0.15) is 0 Å². The van der Waals surface area contributed by atoms with Crippen LogP contribution in [0.4, 0.5) is 4.39 Å². The molecule has 2 saturated heterocycles. The summed E-state index contributed by atoms with van der Waals surface area (Å²) in [5.74, 6) is -0.870. The van der Waals surface area contributed by atoms with E-state index in [1.807, 2.05) is 0 Å². The number of nitrogens with one attached hydrogen (secondary N) is 1. The molecule has 2 fully saturated rings. The van der Waals surface area contributed by atoms with Crippen LogP contribution < -0.4 is 5.32 Å². The summed E-state index contributed by atoms with van der Waals surface area (Å²) in [6.07, 6.45) is 4.21. The minimum Gasteiger partial charge on any atom is -0.339 e. The Hall–Kier alpha value is -0.550. The predicted molar refractivity (Wildman–Crippen MR) is 88.7 cm³/mol. The number of nitrogens with zero attached hydrogens (tertiary/aromatic N) is 1. The van der Waals surface area contributed by atoms with E-state index in [1.165, 1.54) is 18.9 Å². The lowest BCUT2D eigenvalue weighted by molar-refractivity contribution is 0.0681. The average Bonchev–Trinajstić information content (AvgIpc) is 2.79. The van der Waals surface area contributed by atoms with Gasteiger partial charge in [-0.1, -0.05) is 23.2 Å². The van der Waals surface area contributed by atoms with Gasteiger partial charge in [-0.05, 0) is 37.8 Å². The lowest BCUT2D eigenvalue weighted by Gasteiger charge is -2.35. The van der Waals surface area contributed by atoms with Crippen molar-refractivity contribution >= 4 is 41.5 Å². The van der Waals surface area contributed by atoms with Crippen molar-refractivity contribution in [2.75, 3.05) is 7.05 Å². The molecular formula is C15H18Cl3FN2O. The molecule has 3 rings (SSSR count). The summed E-state index contributed by atoms with van der Waals surface area (Å²) < 4.78 is 13.6. The van der Waals surface area contributed by atoms with Gasteiger partial charge >= 0.3 is 0 Å². The molecular weight excluding hydrogens is 350 g/mol. The average molecular weight is 368 g/mol. The fraction of sp³-hybridized carbons (Fsp3) is 0.533. The van der Waals surface area contributed by atoms with E-state index in [0.717, 1.165) is 18.9 Å². The van der Waals surface area contributed by atoms with Crippen LogP contribution in [0.5, 0.6) is 0 Å². The first-order valence-electron chi connectivity index (χ1n) is 7.13. The van der Waals surface area contributed by atoms with Crippen molar-refractivity contribution in [2.45, 2.75) is 43.8 Å². The van der Waals surface area contributed by atoms with E-state index in [0.29, 0.717) is 12.1 Å². The summed E-state index contributed by atoms with van der Waals surface area (Å²) in [6.45, 7) is 0. The Morgan fingerprint density at radius 2 is 1.82 bits per heavy atom. The van der Waals surface area contributed by atoms with E-state index in [-0.39, 0.29) is 40.0 Å². The molecule has 122 valence electrons. The molecule has 1 N–H and O–H groups in total. The number of carbonyl (C=O) groups is 1. The minimum absolute atomic E-state index is 0. The molecule has 2 heterocycles. The number of rotatable bonds is 2. The molecule has 0 radical (unpaired) electrons. The van der Waals surface area contributed by atoms with Crippen LogP contribution >= 0.6 is 35.6 Å². The van der Waals surface area contributed by atoms with Crippen molar-refractivity contribution in [1.82, 2.24) is 10.2 Å². The number of hydrogen-bond acceptors (Lipinski definition) is 2. The summed E-state index contributed by atoms with van der Waals surface area (Å²) in [4.78, 5) is 14.3. The first-order chi connectivity index (χ1) is 9.95. The SMILES string of the molecule is CN(C(=O)c1cc(F)c(Cl)cc1Cl)C1CC2CCC(C1)N2.Cl. The van der Waals surface area contributed by atoms with Gasteiger partial charge in [0.2, 0.25) is 0 Å². The Morgan fingerprint density at radius 1 is 1.23 bits per heavy atom. The number of carbonyl (C=O) groups excluding carboxylic acids is 1. The molecule has 22 heavy (non-hydrogen) atoms. The number of benzene rings is 1. The monoisotopic (exact) mass is 366 g/mol. The number of piperidine rings is 1. The van der Waals surface area contributed by atoms with Crippen LogP contribution in [0, 0.1) is 5.82 Å². The zero-order valence-corrected chi connectivity index (χ0v) is 14.4. The molecule has 2 atom stereocenters. The summed E-state index contributed by atoms with van der Waals surface area (Å²) >= 11 is 11.7. The van der Waals surface area contributed by atoms with Crippen molar-refractivity contribution in [3.05, 3.63) is 33.6 Å². The number of amides is 1. The number of hydrogen-bond donors (Lipinski definition) is 1. The van der Waals surface area contributed by atoms with Crippen molar-refractivity contribution in [1.29, 1.82) is 0 Å². The zero-order valence-electron chi connectivity index (χ0n) is 12.1. The topological polar surface area (TPSA) is 32.3 Å². The minimum atomic E-state index is -0.622. The molecule has 2 aliphatic rings. The highest BCUT2D eigenvalue weighted by Crippen LogP contribution is 2.31. The third kappa shape index (κ3) is 3.35. The van der Waals surface area contributed by atoms with Gasteiger partial charge in [0.1, 0.15) is 5.82 Å². The predicted octanol–water partition coefficient (Wildman–Crippen LogP) is 3.91. The van der Waals surface area contributed by atoms with Gasteiger partial charge in [-0.3, -0.25) is 4.79 Å². The second-order valence-electron chi connectivity index (χ2n) is 5.93. The lowest BCUT2D eigenvalue weighted by Crippen LogP contribution is -2.48. The van der Waals surface area contributed by atoms with Crippen LogP contribution in [0.25, 0.3) is 0 Å². The Morgan fingerprint density at radius 3 is 2.41 bits per heavy atom. The number of halogens is 4. The van der Waals surface area contributed by atoms with Crippen molar-refractivity contribution < 1.29 is 9.18 Å². The number of fused-ring (bicyclic) bond motifs is 2. The van der Waals surface area contributed by atoms with Crippen molar-refractivity contribution in [3.63, 3.8) is 0 Å². The largest absolute Gasteiger partial charge is 0.339 e. The molecule has 2 bridgehead atoms. The standard InChI is InChI=1S/C15H17Cl2FN2O.ClH/c1-20(10-4-8-2-3-9(5-10)19-8)15(21)11-6-14(18)13(17)7-12(11)16;/h6-10,19H,2-5H2,1H3;1H. The highest BCUT2D eigenvalue weighted by molar-refractivity contribution is 6.36. The molecule has 7 heteroatoms. The maximum absolute atomic E-state index is 13.6. The van der Waals surface area contributed by atoms with Gasteiger partial charge in [-0.25, -0.2) is 4.39 Å². The molecule has 0 spiro atoms. The summed E-state index contributed by atoms with van der Waals surface area (Å²) in [5.41, 5.74) is 0.173. The molecule has 0 aromatic heterocycles. The van der Waals surface area contributed by atoms with E-state index in [2.05, 4.69) is 5.32 Å². The molecule has 0 aliphatic carbocycles. The Bertz CT molecular complexity index is 572. The normalized spacial score (nSPS) is 26.5. The molecule has 0 saturated carbocycles. The summed E-state index contributed by atoms with van der Waals surface area (Å²) in [7, 11) is 1.76. The van der Waals surface area contributed by atoms with Gasteiger partial charge in [0.05, 0.1) is 15.6 Å². The smallest absolute Gasteiger partial charge is 0.255 e. The van der Waals surface area contributed by atoms with Gasteiger partial charge in [0.15, 0.2) is 0 Å². The third-order valence-electron chi connectivity index (χ3n) is 4.56. The Labute approximate surface area is 145 Å². The van der Waals surface area contributed by atoms with Gasteiger partial charge in [0.25, 0.3) is 5.91 Å². The van der Waals surface area contributed by atoms with E-state index in [4.69, 9.17) is 23.2 Å². The maximum atomic E-state index is 13.6. The summed E-state index contributed by atoms with van der Waals surface area (Å²) in [6, 6.07) is 3.55. The van der Waals surface area contributed by atoms with Crippen LogP contribution in [-0.2, 0) is 0 Å². The maximum Gasteiger partial charge on any atom is 0.255 e. The van der Waals surface area contributed by atoms with Crippen LogP contribution in [-0.4, -0.2) is 36.0 Å². The zero-order chi connectivity index (χ0) is 15.1. The van der Waals surface area contributed by atoms with Crippen molar-refractivity contribution in [3.8, 4) is 0 Å². The van der Waals surface area contributed by atoms with Crippen molar-refractivity contribution in [2.24, 2.45) is 0 Å². The Kier molecular flexibility index (Phi) is 5.59. The first-order valence-corrected chi connectivity index (χ1v) is 7.89. The Balaban J connectivity index is 0.00000176. The van der Waals surface area contributed by atoms with E-state index < -0.39 is 5.82 Å². The molecule has 1 aromatic carbocycles. The van der Waals surface area contributed by atoms with Gasteiger partial charge in [-0.15, -0.1) is 12.4 Å².